The summed E-state index contributed by atoms with van der Waals surface area (Å²) in [6.45, 7) is 2.74. The molecule has 0 bridgehead atoms. The molecule has 1 amide bonds. The third kappa shape index (κ3) is 3.68. The maximum atomic E-state index is 13.0. The SMILES string of the molecule is O=C1COc2ccc(C(=O)C3CCN(Cc4cccc5ccccc45)CC3)cc2N1. The summed E-state index contributed by atoms with van der Waals surface area (Å²) < 4.78 is 5.39. The van der Waals surface area contributed by atoms with Crippen molar-refractivity contribution in [3.05, 3.63) is 71.8 Å². The maximum Gasteiger partial charge on any atom is 0.262 e. The Morgan fingerprint density at radius 2 is 1.83 bits per heavy atom. The number of nitrogens with one attached hydrogen (secondary N) is 1. The van der Waals surface area contributed by atoms with Crippen LogP contribution in [0, 0.1) is 5.92 Å². The first-order valence-corrected chi connectivity index (χ1v) is 10.5. The van der Waals surface area contributed by atoms with Gasteiger partial charge in [0.1, 0.15) is 5.75 Å². The lowest BCUT2D eigenvalue weighted by Gasteiger charge is -2.31. The highest BCUT2D eigenvalue weighted by Crippen LogP contribution is 2.31. The summed E-state index contributed by atoms with van der Waals surface area (Å²) in [4.78, 5) is 27.0. The van der Waals surface area contributed by atoms with E-state index in [0.717, 1.165) is 32.5 Å². The molecular weight excluding hydrogens is 376 g/mol. The smallest absolute Gasteiger partial charge is 0.262 e. The van der Waals surface area contributed by atoms with Gasteiger partial charge < -0.3 is 10.1 Å². The highest BCUT2D eigenvalue weighted by molar-refractivity contribution is 6.01. The van der Waals surface area contributed by atoms with E-state index in [9.17, 15) is 9.59 Å². The summed E-state index contributed by atoms with van der Waals surface area (Å²) in [5, 5.41) is 5.35. The Bertz CT molecular complexity index is 1110. The number of Topliss-reactive ketones (excluding diaryl/α,β-unsaturated/α-hetero) is 1. The zero-order valence-electron chi connectivity index (χ0n) is 16.8. The number of ketones is 1. The Labute approximate surface area is 175 Å². The van der Waals surface area contributed by atoms with Gasteiger partial charge in [-0.3, -0.25) is 14.5 Å². The zero-order chi connectivity index (χ0) is 20.5. The predicted molar refractivity (Wildman–Crippen MR) is 117 cm³/mol. The van der Waals surface area contributed by atoms with Gasteiger partial charge in [-0.2, -0.15) is 0 Å². The van der Waals surface area contributed by atoms with E-state index in [1.165, 1.54) is 16.3 Å². The second-order valence-electron chi connectivity index (χ2n) is 8.10. The average Bonchev–Trinajstić information content (AvgIpc) is 2.79. The zero-order valence-corrected chi connectivity index (χ0v) is 16.8. The van der Waals surface area contributed by atoms with E-state index in [1.54, 1.807) is 18.2 Å². The lowest BCUT2D eigenvalue weighted by atomic mass is 9.88. The number of carbonyl (C=O) groups is 2. The van der Waals surface area contributed by atoms with E-state index in [4.69, 9.17) is 4.74 Å². The van der Waals surface area contributed by atoms with E-state index in [2.05, 4.69) is 52.7 Å². The number of piperidine rings is 1. The first-order valence-electron chi connectivity index (χ1n) is 10.5. The first kappa shape index (κ1) is 18.8. The molecule has 1 N–H and O–H groups in total. The van der Waals surface area contributed by atoms with E-state index in [-0.39, 0.29) is 24.2 Å². The Balaban J connectivity index is 1.24. The van der Waals surface area contributed by atoms with Crippen molar-refractivity contribution < 1.29 is 14.3 Å². The first-order chi connectivity index (χ1) is 14.7. The van der Waals surface area contributed by atoms with Crippen LogP contribution in [0.2, 0.25) is 0 Å². The van der Waals surface area contributed by atoms with E-state index < -0.39 is 0 Å². The molecule has 0 aromatic heterocycles. The second kappa shape index (κ2) is 7.92. The summed E-state index contributed by atoms with van der Waals surface area (Å²) in [7, 11) is 0. The van der Waals surface area contributed by atoms with Gasteiger partial charge >= 0.3 is 0 Å². The summed E-state index contributed by atoms with van der Waals surface area (Å²) in [5.74, 6) is 0.611. The minimum Gasteiger partial charge on any atom is -0.482 e. The third-order valence-corrected chi connectivity index (χ3v) is 6.13. The minimum absolute atomic E-state index is 0.0204. The number of amides is 1. The van der Waals surface area contributed by atoms with Crippen LogP contribution < -0.4 is 10.1 Å². The van der Waals surface area contributed by atoms with Crippen LogP contribution in [-0.4, -0.2) is 36.3 Å². The molecule has 3 aromatic rings. The molecule has 2 aliphatic rings. The monoisotopic (exact) mass is 400 g/mol. The van der Waals surface area contributed by atoms with Gasteiger partial charge in [-0.1, -0.05) is 42.5 Å². The van der Waals surface area contributed by atoms with Crippen LogP contribution in [0.4, 0.5) is 5.69 Å². The molecule has 30 heavy (non-hydrogen) atoms. The molecule has 5 heteroatoms. The van der Waals surface area contributed by atoms with Gasteiger partial charge in [0.25, 0.3) is 5.91 Å². The number of hydrogen-bond donors (Lipinski definition) is 1. The number of likely N-dealkylation sites (tertiary alicyclic amines) is 1. The Kier molecular flexibility index (Phi) is 4.97. The fourth-order valence-corrected chi connectivity index (χ4v) is 4.50. The average molecular weight is 400 g/mol. The van der Waals surface area contributed by atoms with Crippen LogP contribution in [0.3, 0.4) is 0 Å². The lowest BCUT2D eigenvalue weighted by molar-refractivity contribution is -0.118. The molecule has 152 valence electrons. The molecule has 5 nitrogen and oxygen atoms in total. The van der Waals surface area contributed by atoms with Crippen molar-refractivity contribution in [2.24, 2.45) is 5.92 Å². The third-order valence-electron chi connectivity index (χ3n) is 6.13. The number of fused-ring (bicyclic) bond motifs is 2. The molecule has 0 spiro atoms. The molecule has 0 unspecified atom stereocenters. The van der Waals surface area contributed by atoms with Gasteiger partial charge in [-0.15, -0.1) is 0 Å². The van der Waals surface area contributed by atoms with Crippen molar-refractivity contribution in [3.63, 3.8) is 0 Å². The van der Waals surface area contributed by atoms with E-state index >= 15 is 0 Å². The Morgan fingerprint density at radius 3 is 2.70 bits per heavy atom. The molecule has 2 aliphatic heterocycles. The van der Waals surface area contributed by atoms with Gasteiger partial charge in [0, 0.05) is 18.0 Å². The summed E-state index contributed by atoms with van der Waals surface area (Å²) in [6.07, 6.45) is 1.70. The molecular formula is C25H24N2O3. The number of rotatable bonds is 4. The van der Waals surface area contributed by atoms with Crippen LogP contribution in [0.5, 0.6) is 5.75 Å². The maximum absolute atomic E-state index is 13.0. The van der Waals surface area contributed by atoms with Crippen LogP contribution in [0.15, 0.2) is 60.7 Å². The second-order valence-corrected chi connectivity index (χ2v) is 8.10. The molecule has 2 heterocycles. The van der Waals surface area contributed by atoms with Crippen molar-refractivity contribution in [2.45, 2.75) is 19.4 Å². The molecule has 0 aliphatic carbocycles. The number of benzene rings is 3. The van der Waals surface area contributed by atoms with Gasteiger partial charge in [-0.05, 0) is 60.5 Å². The quantitative estimate of drug-likeness (QED) is 0.665. The van der Waals surface area contributed by atoms with Crippen LogP contribution in [-0.2, 0) is 11.3 Å². The number of nitrogens with zero attached hydrogens (tertiary/aromatic N) is 1. The van der Waals surface area contributed by atoms with Crippen LogP contribution in [0.25, 0.3) is 10.8 Å². The number of anilines is 1. The summed E-state index contributed by atoms with van der Waals surface area (Å²) >= 11 is 0. The molecule has 3 aromatic carbocycles. The lowest BCUT2D eigenvalue weighted by Crippen LogP contribution is -2.36. The standard InChI is InChI=1S/C25H24N2O3/c28-24-16-30-23-9-8-19(14-22(23)26-24)25(29)18-10-12-27(13-11-18)15-20-6-3-5-17-4-1-2-7-21(17)20/h1-9,14,18H,10-13,15-16H2,(H,26,28). The normalized spacial score (nSPS) is 17.3. The molecule has 1 saturated heterocycles. The summed E-state index contributed by atoms with van der Waals surface area (Å²) in [6, 6.07) is 20.3. The van der Waals surface area contributed by atoms with Gasteiger partial charge in [0.2, 0.25) is 0 Å². The molecule has 0 saturated carbocycles. The Hall–Kier alpha value is -3.18. The number of ether oxygens (including phenoxy) is 1. The predicted octanol–water partition coefficient (Wildman–Crippen LogP) is 4.27. The van der Waals surface area contributed by atoms with Crippen LogP contribution >= 0.6 is 0 Å². The van der Waals surface area contributed by atoms with Crippen molar-refractivity contribution in [3.8, 4) is 5.75 Å². The van der Waals surface area contributed by atoms with Crippen molar-refractivity contribution in [1.29, 1.82) is 0 Å². The van der Waals surface area contributed by atoms with Crippen molar-refractivity contribution >= 4 is 28.2 Å². The van der Waals surface area contributed by atoms with Crippen LogP contribution in [0.1, 0.15) is 28.8 Å². The molecule has 0 atom stereocenters. The van der Waals surface area contributed by atoms with Crippen molar-refractivity contribution in [1.82, 2.24) is 4.90 Å². The molecule has 0 radical (unpaired) electrons. The number of carbonyl (C=O) groups excluding carboxylic acids is 2. The Morgan fingerprint density at radius 1 is 1.03 bits per heavy atom. The highest BCUT2D eigenvalue weighted by Gasteiger charge is 2.27. The fraction of sp³-hybridized carbons (Fsp3) is 0.280. The van der Waals surface area contributed by atoms with Crippen molar-refractivity contribution in [2.75, 3.05) is 25.0 Å². The largest absolute Gasteiger partial charge is 0.482 e. The summed E-state index contributed by atoms with van der Waals surface area (Å²) in [5.41, 5.74) is 2.57. The van der Waals surface area contributed by atoms with Gasteiger partial charge in [-0.25, -0.2) is 0 Å². The minimum atomic E-state index is -0.186. The molecule has 1 fully saturated rings. The van der Waals surface area contributed by atoms with Gasteiger partial charge in [0.15, 0.2) is 12.4 Å². The fourth-order valence-electron chi connectivity index (χ4n) is 4.50. The highest BCUT2D eigenvalue weighted by atomic mass is 16.5. The van der Waals surface area contributed by atoms with E-state index in [1.807, 2.05) is 0 Å². The number of hydrogen-bond acceptors (Lipinski definition) is 4. The topological polar surface area (TPSA) is 58.6 Å². The molecule has 5 rings (SSSR count). The van der Waals surface area contributed by atoms with E-state index in [0.29, 0.717) is 17.0 Å². The van der Waals surface area contributed by atoms with Gasteiger partial charge in [0.05, 0.1) is 5.69 Å².